The molecule has 0 bridgehead atoms. The van der Waals surface area contributed by atoms with Gasteiger partial charge in [-0.15, -0.1) is 35.8 Å². The van der Waals surface area contributed by atoms with Crippen LogP contribution in [-0.2, 0) is 5.88 Å². The Bertz CT molecular complexity index is 177. The van der Waals surface area contributed by atoms with Crippen LogP contribution < -0.4 is 0 Å². The van der Waals surface area contributed by atoms with Crippen molar-refractivity contribution in [3.05, 3.63) is 23.9 Å². The Hall–Kier alpha value is 0.0800. The Balaban J connectivity index is 0.000001000. The first kappa shape index (κ1) is 11.1. The van der Waals surface area contributed by atoms with Crippen LogP contribution in [0.25, 0.3) is 0 Å². The zero-order chi connectivity index (χ0) is 7.40. The van der Waals surface area contributed by atoms with Gasteiger partial charge in [-0.3, -0.25) is 0 Å². The van der Waals surface area contributed by atoms with E-state index in [0.29, 0.717) is 5.88 Å². The third kappa shape index (κ3) is 3.32. The van der Waals surface area contributed by atoms with Crippen LogP contribution in [0.15, 0.2) is 23.4 Å². The van der Waals surface area contributed by atoms with Crippen molar-refractivity contribution < 1.29 is 0 Å². The number of aromatic nitrogens is 1. The highest BCUT2D eigenvalue weighted by Crippen LogP contribution is 2.11. The van der Waals surface area contributed by atoms with Crippen LogP contribution in [0.4, 0.5) is 0 Å². The van der Waals surface area contributed by atoms with E-state index in [1.807, 2.05) is 18.4 Å². The summed E-state index contributed by atoms with van der Waals surface area (Å²) in [7, 11) is 0. The molecule has 0 unspecified atom stereocenters. The standard InChI is InChI=1S/C7H8ClNS.ClH/c1-10-7-3-2-6(4-8)5-9-7;/h2-3,5H,4H2,1H3;1H. The summed E-state index contributed by atoms with van der Waals surface area (Å²) in [6.45, 7) is 0. The van der Waals surface area contributed by atoms with Gasteiger partial charge in [-0.05, 0) is 17.9 Å². The van der Waals surface area contributed by atoms with Crippen LogP contribution in [0.5, 0.6) is 0 Å². The number of nitrogens with zero attached hydrogens (tertiary/aromatic N) is 1. The molecule has 1 aromatic heterocycles. The van der Waals surface area contributed by atoms with Crippen molar-refractivity contribution in [3.8, 4) is 0 Å². The summed E-state index contributed by atoms with van der Waals surface area (Å²) in [5, 5.41) is 1.04. The average molecular weight is 210 g/mol. The second-order valence-electron chi connectivity index (χ2n) is 1.84. The van der Waals surface area contributed by atoms with Gasteiger partial charge in [-0.2, -0.15) is 0 Å². The van der Waals surface area contributed by atoms with E-state index in [1.54, 1.807) is 18.0 Å². The summed E-state index contributed by atoms with van der Waals surface area (Å²) >= 11 is 7.21. The fourth-order valence-electron chi connectivity index (χ4n) is 0.611. The lowest BCUT2D eigenvalue weighted by Crippen LogP contribution is -1.81. The van der Waals surface area contributed by atoms with Crippen LogP contribution in [0.1, 0.15) is 5.56 Å². The van der Waals surface area contributed by atoms with Gasteiger partial charge in [0.1, 0.15) is 0 Å². The Morgan fingerprint density at radius 2 is 2.27 bits per heavy atom. The van der Waals surface area contributed by atoms with Crippen LogP contribution in [0.2, 0.25) is 0 Å². The van der Waals surface area contributed by atoms with Crippen molar-refractivity contribution in [2.24, 2.45) is 0 Å². The van der Waals surface area contributed by atoms with Gasteiger partial charge >= 0.3 is 0 Å². The van der Waals surface area contributed by atoms with Crippen molar-refractivity contribution in [1.29, 1.82) is 0 Å². The summed E-state index contributed by atoms with van der Waals surface area (Å²) in [6.07, 6.45) is 3.81. The smallest absolute Gasteiger partial charge is 0.0957 e. The number of hydrogen-bond donors (Lipinski definition) is 0. The van der Waals surface area contributed by atoms with E-state index >= 15 is 0 Å². The molecular weight excluding hydrogens is 201 g/mol. The minimum Gasteiger partial charge on any atom is -0.250 e. The molecule has 1 nitrogen and oxygen atoms in total. The highest BCUT2D eigenvalue weighted by Gasteiger charge is 1.91. The molecule has 62 valence electrons. The lowest BCUT2D eigenvalue weighted by atomic mass is 10.3. The first-order chi connectivity index (χ1) is 4.86. The van der Waals surface area contributed by atoms with Gasteiger partial charge < -0.3 is 0 Å². The molecule has 0 aliphatic rings. The van der Waals surface area contributed by atoms with Gasteiger partial charge in [0.2, 0.25) is 0 Å². The number of alkyl halides is 1. The molecule has 0 aliphatic heterocycles. The first-order valence-corrected chi connectivity index (χ1v) is 4.67. The lowest BCUT2D eigenvalue weighted by molar-refractivity contribution is 1.10. The molecule has 0 radical (unpaired) electrons. The first-order valence-electron chi connectivity index (χ1n) is 2.91. The van der Waals surface area contributed by atoms with Gasteiger partial charge in [-0.25, -0.2) is 4.98 Å². The molecule has 0 spiro atoms. The van der Waals surface area contributed by atoms with E-state index in [1.165, 1.54) is 0 Å². The number of rotatable bonds is 2. The minimum atomic E-state index is 0. The largest absolute Gasteiger partial charge is 0.250 e. The highest BCUT2D eigenvalue weighted by atomic mass is 35.5. The molecule has 1 heterocycles. The van der Waals surface area contributed by atoms with E-state index in [0.717, 1.165) is 10.6 Å². The van der Waals surface area contributed by atoms with Gasteiger partial charge in [0, 0.05) is 12.1 Å². The summed E-state index contributed by atoms with van der Waals surface area (Å²) in [5.74, 6) is 0.543. The summed E-state index contributed by atoms with van der Waals surface area (Å²) < 4.78 is 0. The molecule has 0 amide bonds. The average Bonchev–Trinajstić information content (AvgIpc) is 2.05. The summed E-state index contributed by atoms with van der Waals surface area (Å²) in [5.41, 5.74) is 1.07. The molecule has 0 saturated heterocycles. The normalized spacial score (nSPS) is 8.91. The zero-order valence-corrected chi connectivity index (χ0v) is 8.47. The Morgan fingerprint density at radius 3 is 2.64 bits per heavy atom. The molecule has 0 aromatic carbocycles. The summed E-state index contributed by atoms with van der Waals surface area (Å²) in [6, 6.07) is 3.97. The maximum absolute atomic E-state index is 5.58. The van der Waals surface area contributed by atoms with E-state index in [2.05, 4.69) is 4.98 Å². The zero-order valence-electron chi connectivity index (χ0n) is 6.08. The third-order valence-corrected chi connectivity index (χ3v) is 2.13. The molecule has 0 N–H and O–H groups in total. The lowest BCUT2D eigenvalue weighted by Gasteiger charge is -1.95. The van der Waals surface area contributed by atoms with Gasteiger partial charge in [0.05, 0.1) is 5.03 Å². The number of thioether (sulfide) groups is 1. The Kier molecular flexibility index (Phi) is 5.74. The van der Waals surface area contributed by atoms with Crippen molar-refractivity contribution in [1.82, 2.24) is 4.98 Å². The number of pyridine rings is 1. The molecule has 11 heavy (non-hydrogen) atoms. The fraction of sp³-hybridized carbons (Fsp3) is 0.286. The predicted octanol–water partition coefficient (Wildman–Crippen LogP) is 2.96. The van der Waals surface area contributed by atoms with Crippen molar-refractivity contribution in [2.45, 2.75) is 10.9 Å². The molecule has 0 fully saturated rings. The molecule has 1 aromatic rings. The maximum Gasteiger partial charge on any atom is 0.0957 e. The summed E-state index contributed by atoms with van der Waals surface area (Å²) in [4.78, 5) is 4.15. The van der Waals surface area contributed by atoms with E-state index in [4.69, 9.17) is 11.6 Å². The van der Waals surface area contributed by atoms with Gasteiger partial charge in [-0.1, -0.05) is 6.07 Å². The Labute approximate surface area is 82.0 Å². The second kappa shape index (κ2) is 5.70. The molecule has 4 heteroatoms. The quantitative estimate of drug-likeness (QED) is 0.549. The number of hydrogen-bond acceptors (Lipinski definition) is 2. The molecule has 0 saturated carbocycles. The highest BCUT2D eigenvalue weighted by molar-refractivity contribution is 7.98. The third-order valence-electron chi connectivity index (χ3n) is 1.16. The van der Waals surface area contributed by atoms with Crippen LogP contribution >= 0.6 is 35.8 Å². The van der Waals surface area contributed by atoms with Gasteiger partial charge in [0.15, 0.2) is 0 Å². The maximum atomic E-state index is 5.58. The topological polar surface area (TPSA) is 12.9 Å². The van der Waals surface area contributed by atoms with E-state index < -0.39 is 0 Å². The van der Waals surface area contributed by atoms with Crippen molar-refractivity contribution in [2.75, 3.05) is 6.26 Å². The number of halogens is 2. The van der Waals surface area contributed by atoms with Crippen LogP contribution in [0, 0.1) is 0 Å². The molecule has 0 aliphatic carbocycles. The fourth-order valence-corrected chi connectivity index (χ4v) is 1.13. The van der Waals surface area contributed by atoms with E-state index in [9.17, 15) is 0 Å². The van der Waals surface area contributed by atoms with Crippen molar-refractivity contribution in [3.63, 3.8) is 0 Å². The molecule has 0 atom stereocenters. The van der Waals surface area contributed by atoms with Gasteiger partial charge in [0.25, 0.3) is 0 Å². The van der Waals surface area contributed by atoms with Crippen molar-refractivity contribution >= 4 is 35.8 Å². The minimum absolute atomic E-state index is 0. The molecular formula is C7H9Cl2NS. The van der Waals surface area contributed by atoms with Crippen LogP contribution in [0.3, 0.4) is 0 Å². The van der Waals surface area contributed by atoms with E-state index in [-0.39, 0.29) is 12.4 Å². The second-order valence-corrected chi connectivity index (χ2v) is 2.94. The van der Waals surface area contributed by atoms with Crippen LogP contribution in [-0.4, -0.2) is 11.2 Å². The predicted molar refractivity (Wildman–Crippen MR) is 52.8 cm³/mol. The Morgan fingerprint density at radius 1 is 1.55 bits per heavy atom. The SMILES string of the molecule is CSc1ccc(CCl)cn1.Cl. The monoisotopic (exact) mass is 209 g/mol. The molecule has 1 rings (SSSR count).